The molecule has 2 rings (SSSR count). The minimum Gasteiger partial charge on any atom is -0.497 e. The average Bonchev–Trinajstić information content (AvgIpc) is 2.47. The molecule has 110 valence electrons. The van der Waals surface area contributed by atoms with Gasteiger partial charge in [-0.3, -0.25) is 10.1 Å². The summed E-state index contributed by atoms with van der Waals surface area (Å²) in [5, 5.41) is 11.2. The number of ether oxygens (including phenoxy) is 2. The molecular formula is C13H14N4O4. The van der Waals surface area contributed by atoms with E-state index < -0.39 is 4.92 Å². The predicted octanol–water partition coefficient (Wildman–Crippen LogP) is 2.25. The van der Waals surface area contributed by atoms with Crippen LogP contribution in [-0.2, 0) is 0 Å². The van der Waals surface area contributed by atoms with E-state index in [-0.39, 0.29) is 17.4 Å². The molecule has 0 fully saturated rings. The van der Waals surface area contributed by atoms with Gasteiger partial charge in [0.05, 0.1) is 12.0 Å². The number of hydrogen-bond acceptors (Lipinski definition) is 7. The first kappa shape index (κ1) is 14.5. The van der Waals surface area contributed by atoms with Crippen LogP contribution in [0.1, 0.15) is 0 Å². The molecule has 0 saturated carbocycles. The molecule has 0 amide bonds. The zero-order valence-corrected chi connectivity index (χ0v) is 11.8. The highest BCUT2D eigenvalue weighted by atomic mass is 16.6. The van der Waals surface area contributed by atoms with Gasteiger partial charge in [0.25, 0.3) is 0 Å². The van der Waals surface area contributed by atoms with Gasteiger partial charge in [-0.1, -0.05) is 0 Å². The molecule has 8 heteroatoms. The van der Waals surface area contributed by atoms with Crippen molar-refractivity contribution in [3.63, 3.8) is 0 Å². The lowest BCUT2D eigenvalue weighted by Gasteiger charge is -2.12. The SMILES string of the molecule is COc1ccc(Oc2ncnc(N(C)C)c2[N+](=O)[O-])cc1. The minimum absolute atomic E-state index is 0.108. The van der Waals surface area contributed by atoms with Crippen molar-refractivity contribution >= 4 is 11.5 Å². The Bertz CT molecular complexity index is 643. The molecule has 0 radical (unpaired) electrons. The zero-order chi connectivity index (χ0) is 15.4. The van der Waals surface area contributed by atoms with Crippen molar-refractivity contribution in [1.82, 2.24) is 9.97 Å². The summed E-state index contributed by atoms with van der Waals surface area (Å²) in [7, 11) is 4.87. The third kappa shape index (κ3) is 3.16. The second kappa shape index (κ2) is 6.04. The number of rotatable bonds is 5. The highest BCUT2D eigenvalue weighted by molar-refractivity contribution is 5.62. The van der Waals surface area contributed by atoms with Gasteiger partial charge in [-0.25, -0.2) is 4.98 Å². The second-order valence-corrected chi connectivity index (χ2v) is 4.28. The van der Waals surface area contributed by atoms with Gasteiger partial charge in [0.15, 0.2) is 0 Å². The monoisotopic (exact) mass is 290 g/mol. The molecule has 0 aliphatic carbocycles. The van der Waals surface area contributed by atoms with Gasteiger partial charge in [0.1, 0.15) is 17.8 Å². The molecule has 21 heavy (non-hydrogen) atoms. The Labute approximate surface area is 121 Å². The largest absolute Gasteiger partial charge is 0.497 e. The standard InChI is InChI=1S/C13H14N4O4/c1-16(2)12-11(17(18)19)13(15-8-14-12)21-10-6-4-9(20-3)5-7-10/h4-8H,1-3H3. The first-order valence-corrected chi connectivity index (χ1v) is 6.01. The molecule has 0 aliphatic heterocycles. The van der Waals surface area contributed by atoms with Crippen LogP contribution in [-0.4, -0.2) is 36.1 Å². The highest BCUT2D eigenvalue weighted by Gasteiger charge is 2.26. The quantitative estimate of drug-likeness (QED) is 0.616. The molecule has 0 atom stereocenters. The van der Waals surface area contributed by atoms with Gasteiger partial charge in [-0.2, -0.15) is 4.98 Å². The summed E-state index contributed by atoms with van der Waals surface area (Å²) < 4.78 is 10.5. The summed E-state index contributed by atoms with van der Waals surface area (Å²) in [6.45, 7) is 0. The van der Waals surface area contributed by atoms with E-state index in [1.54, 1.807) is 45.5 Å². The summed E-state index contributed by atoms with van der Waals surface area (Å²) in [6.07, 6.45) is 1.22. The molecule has 0 spiro atoms. The molecular weight excluding hydrogens is 276 g/mol. The molecule has 2 aromatic rings. The fourth-order valence-corrected chi connectivity index (χ4v) is 1.67. The number of aromatic nitrogens is 2. The van der Waals surface area contributed by atoms with Crippen LogP contribution in [0.4, 0.5) is 11.5 Å². The molecule has 8 nitrogen and oxygen atoms in total. The maximum atomic E-state index is 11.2. The van der Waals surface area contributed by atoms with E-state index in [9.17, 15) is 10.1 Å². The smallest absolute Gasteiger partial charge is 0.373 e. The van der Waals surface area contributed by atoms with Crippen LogP contribution in [0.2, 0.25) is 0 Å². The van der Waals surface area contributed by atoms with Crippen LogP contribution in [0.5, 0.6) is 17.4 Å². The normalized spacial score (nSPS) is 10.0. The number of methoxy groups -OCH3 is 1. The summed E-state index contributed by atoms with van der Waals surface area (Å²) in [6, 6.07) is 6.66. The molecule has 1 aromatic heterocycles. The Hall–Kier alpha value is -2.90. The summed E-state index contributed by atoms with van der Waals surface area (Å²) in [5.41, 5.74) is -0.279. The minimum atomic E-state index is -0.561. The Morgan fingerprint density at radius 3 is 2.29 bits per heavy atom. The van der Waals surface area contributed by atoms with Gasteiger partial charge in [-0.15, -0.1) is 0 Å². The van der Waals surface area contributed by atoms with E-state index >= 15 is 0 Å². The van der Waals surface area contributed by atoms with Crippen molar-refractivity contribution in [3.05, 3.63) is 40.7 Å². The lowest BCUT2D eigenvalue weighted by Crippen LogP contribution is -2.14. The third-order valence-corrected chi connectivity index (χ3v) is 2.65. The van der Waals surface area contributed by atoms with Crippen molar-refractivity contribution in [2.24, 2.45) is 0 Å². The molecule has 1 heterocycles. The molecule has 0 N–H and O–H groups in total. The van der Waals surface area contributed by atoms with E-state index in [2.05, 4.69) is 9.97 Å². The number of nitro groups is 1. The first-order valence-electron chi connectivity index (χ1n) is 6.01. The molecule has 1 aromatic carbocycles. The van der Waals surface area contributed by atoms with E-state index in [4.69, 9.17) is 9.47 Å². The fourth-order valence-electron chi connectivity index (χ4n) is 1.67. The lowest BCUT2D eigenvalue weighted by atomic mass is 10.3. The Morgan fingerprint density at radius 1 is 1.14 bits per heavy atom. The molecule has 0 unspecified atom stereocenters. The zero-order valence-electron chi connectivity index (χ0n) is 11.8. The second-order valence-electron chi connectivity index (χ2n) is 4.28. The van der Waals surface area contributed by atoms with Crippen molar-refractivity contribution in [3.8, 4) is 17.4 Å². The van der Waals surface area contributed by atoms with Crippen molar-refractivity contribution in [1.29, 1.82) is 0 Å². The van der Waals surface area contributed by atoms with Gasteiger partial charge in [0.2, 0.25) is 5.82 Å². The lowest BCUT2D eigenvalue weighted by molar-refractivity contribution is -0.385. The van der Waals surface area contributed by atoms with Crippen LogP contribution in [0.15, 0.2) is 30.6 Å². The van der Waals surface area contributed by atoms with E-state index in [0.29, 0.717) is 11.5 Å². The topological polar surface area (TPSA) is 90.6 Å². The van der Waals surface area contributed by atoms with Gasteiger partial charge in [-0.05, 0) is 24.3 Å². The van der Waals surface area contributed by atoms with Crippen molar-refractivity contribution < 1.29 is 14.4 Å². The third-order valence-electron chi connectivity index (χ3n) is 2.65. The maximum absolute atomic E-state index is 11.2. The van der Waals surface area contributed by atoms with Crippen LogP contribution in [0.25, 0.3) is 0 Å². The van der Waals surface area contributed by atoms with E-state index in [1.165, 1.54) is 11.2 Å². The Balaban J connectivity index is 2.38. The number of benzene rings is 1. The summed E-state index contributed by atoms with van der Waals surface area (Å²) in [4.78, 5) is 20.0. The predicted molar refractivity (Wildman–Crippen MR) is 76.1 cm³/mol. The fraction of sp³-hybridized carbons (Fsp3) is 0.231. The van der Waals surface area contributed by atoms with Crippen LogP contribution >= 0.6 is 0 Å². The van der Waals surface area contributed by atoms with E-state index in [0.717, 1.165) is 0 Å². The summed E-state index contributed by atoms with van der Waals surface area (Å²) in [5.74, 6) is 1.15. The Kier molecular flexibility index (Phi) is 4.17. The average molecular weight is 290 g/mol. The molecule has 0 saturated heterocycles. The van der Waals surface area contributed by atoms with Crippen LogP contribution in [0, 0.1) is 10.1 Å². The van der Waals surface area contributed by atoms with Crippen LogP contribution < -0.4 is 14.4 Å². The number of anilines is 1. The summed E-state index contributed by atoms with van der Waals surface area (Å²) >= 11 is 0. The van der Waals surface area contributed by atoms with Gasteiger partial charge in [0, 0.05) is 14.1 Å². The first-order chi connectivity index (χ1) is 10.0. The highest BCUT2D eigenvalue weighted by Crippen LogP contribution is 2.35. The Morgan fingerprint density at radius 2 is 1.76 bits per heavy atom. The molecule has 0 aliphatic rings. The molecule has 0 bridgehead atoms. The number of hydrogen-bond donors (Lipinski definition) is 0. The maximum Gasteiger partial charge on any atom is 0.373 e. The van der Waals surface area contributed by atoms with Gasteiger partial charge >= 0.3 is 11.6 Å². The van der Waals surface area contributed by atoms with Crippen LogP contribution in [0.3, 0.4) is 0 Å². The van der Waals surface area contributed by atoms with Crippen molar-refractivity contribution in [2.75, 3.05) is 26.1 Å². The number of nitrogens with zero attached hydrogens (tertiary/aromatic N) is 4. The van der Waals surface area contributed by atoms with E-state index in [1.807, 2.05) is 0 Å². The van der Waals surface area contributed by atoms with Crippen molar-refractivity contribution in [2.45, 2.75) is 0 Å². The van der Waals surface area contributed by atoms with Gasteiger partial charge < -0.3 is 14.4 Å².